The summed E-state index contributed by atoms with van der Waals surface area (Å²) < 4.78 is 16.7. The normalized spacial score (nSPS) is 12.7. The second-order valence-electron chi connectivity index (χ2n) is 15.6. The van der Waals surface area contributed by atoms with Crippen molar-refractivity contribution >= 4 is 17.9 Å². The summed E-state index contributed by atoms with van der Waals surface area (Å²) in [5.74, 6) is -0.943. The Bertz CT molecular complexity index is 1110. The molecule has 0 aromatic rings. The number of carbonyl (C=O) groups excluding carboxylic acids is 3. The fourth-order valence-corrected chi connectivity index (χ4v) is 6.41. The summed E-state index contributed by atoms with van der Waals surface area (Å²) in [4.78, 5) is 37.7. The fourth-order valence-electron chi connectivity index (χ4n) is 6.41. The lowest BCUT2D eigenvalue weighted by atomic mass is 10.1. The SMILES string of the molecule is CC/C=C\C/C=C\C/C=C\CCCCCCCCCCCC(=O)OCC(COC(=O)CCCCCCCCCCC)OC(=O)CCCC/C=C\C/C=C\C/C=C\CC. The third-order valence-corrected chi connectivity index (χ3v) is 9.96. The van der Waals surface area contributed by atoms with Crippen molar-refractivity contribution in [3.8, 4) is 0 Å². The molecule has 0 aliphatic carbocycles. The number of hydrogen-bond acceptors (Lipinski definition) is 6. The maximum absolute atomic E-state index is 12.7. The molecule has 6 heteroatoms. The molecule has 0 aliphatic rings. The van der Waals surface area contributed by atoms with E-state index in [0.29, 0.717) is 19.3 Å². The van der Waals surface area contributed by atoms with Crippen LogP contribution in [-0.2, 0) is 28.6 Å². The Labute approximate surface area is 357 Å². The summed E-state index contributed by atoms with van der Waals surface area (Å²) in [5, 5.41) is 0. The molecule has 0 heterocycles. The minimum Gasteiger partial charge on any atom is -0.462 e. The van der Waals surface area contributed by atoms with Crippen molar-refractivity contribution in [2.45, 2.75) is 226 Å². The maximum Gasteiger partial charge on any atom is 0.306 e. The molecule has 0 spiro atoms. The van der Waals surface area contributed by atoms with Crippen LogP contribution in [0.4, 0.5) is 0 Å². The summed E-state index contributed by atoms with van der Waals surface area (Å²) in [7, 11) is 0. The van der Waals surface area contributed by atoms with Crippen LogP contribution in [-0.4, -0.2) is 37.2 Å². The number of esters is 3. The van der Waals surface area contributed by atoms with Gasteiger partial charge in [0.25, 0.3) is 0 Å². The highest BCUT2D eigenvalue weighted by Crippen LogP contribution is 2.14. The molecule has 0 saturated heterocycles. The van der Waals surface area contributed by atoms with Crippen LogP contribution in [0.1, 0.15) is 220 Å². The number of hydrogen-bond donors (Lipinski definition) is 0. The quantitative estimate of drug-likeness (QED) is 0.0264. The molecular formula is C52H88O6. The Balaban J connectivity index is 4.34. The van der Waals surface area contributed by atoms with Gasteiger partial charge in [-0.1, -0.05) is 190 Å². The van der Waals surface area contributed by atoms with E-state index in [1.807, 2.05) is 0 Å². The van der Waals surface area contributed by atoms with Crippen molar-refractivity contribution in [3.63, 3.8) is 0 Å². The first kappa shape index (κ1) is 54.9. The first-order valence-corrected chi connectivity index (χ1v) is 23.9. The number of carbonyl (C=O) groups is 3. The molecular weight excluding hydrogens is 721 g/mol. The fraction of sp³-hybridized carbons (Fsp3) is 0.712. The van der Waals surface area contributed by atoms with Gasteiger partial charge in [0.1, 0.15) is 13.2 Å². The minimum absolute atomic E-state index is 0.0918. The Hall–Kier alpha value is -3.15. The molecule has 58 heavy (non-hydrogen) atoms. The number of unbranched alkanes of at least 4 members (excludes halogenated alkanes) is 19. The van der Waals surface area contributed by atoms with Gasteiger partial charge in [-0.05, 0) is 83.5 Å². The second kappa shape index (κ2) is 46.5. The van der Waals surface area contributed by atoms with Gasteiger partial charge >= 0.3 is 17.9 Å². The lowest BCUT2D eigenvalue weighted by molar-refractivity contribution is -0.167. The molecule has 0 aliphatic heterocycles. The van der Waals surface area contributed by atoms with Crippen LogP contribution < -0.4 is 0 Å². The van der Waals surface area contributed by atoms with E-state index in [-0.39, 0.29) is 37.5 Å². The Morgan fingerprint density at radius 1 is 0.362 bits per heavy atom. The molecule has 0 N–H and O–H groups in total. The molecule has 332 valence electrons. The van der Waals surface area contributed by atoms with Gasteiger partial charge in [0.05, 0.1) is 0 Å². The predicted octanol–water partition coefficient (Wildman–Crippen LogP) is 15.5. The largest absolute Gasteiger partial charge is 0.462 e. The number of rotatable bonds is 42. The Kier molecular flexibility index (Phi) is 44.0. The van der Waals surface area contributed by atoms with Crippen molar-refractivity contribution < 1.29 is 28.6 Å². The standard InChI is InChI=1S/C52H88O6/c1-4-7-10-13-16-19-21-23-24-25-26-27-28-29-31-33-36-39-42-45-51(54)57-48-49(47-56-50(53)44-41-38-35-32-18-15-12-9-6-3)58-52(55)46-43-40-37-34-30-22-20-17-14-11-8-5-2/h7-8,10-11,16-17,19-20,23-24,30,34,49H,4-6,9,12-15,18,21-22,25-29,31-33,35-48H2,1-3H3/b10-7-,11-8-,19-16-,20-17-,24-23-,34-30-. The molecule has 0 aromatic heterocycles. The first-order valence-electron chi connectivity index (χ1n) is 23.9. The second-order valence-corrected chi connectivity index (χ2v) is 15.6. The van der Waals surface area contributed by atoms with Gasteiger partial charge in [-0.15, -0.1) is 0 Å². The van der Waals surface area contributed by atoms with Crippen molar-refractivity contribution in [2.24, 2.45) is 0 Å². The van der Waals surface area contributed by atoms with E-state index >= 15 is 0 Å². The van der Waals surface area contributed by atoms with Crippen molar-refractivity contribution in [3.05, 3.63) is 72.9 Å². The summed E-state index contributed by atoms with van der Waals surface area (Å²) in [6.45, 7) is 6.34. The summed E-state index contributed by atoms with van der Waals surface area (Å²) >= 11 is 0. The van der Waals surface area contributed by atoms with E-state index in [2.05, 4.69) is 93.7 Å². The zero-order chi connectivity index (χ0) is 42.3. The number of ether oxygens (including phenoxy) is 3. The predicted molar refractivity (Wildman–Crippen MR) is 247 cm³/mol. The van der Waals surface area contributed by atoms with Crippen molar-refractivity contribution in [2.75, 3.05) is 13.2 Å². The van der Waals surface area contributed by atoms with Gasteiger partial charge < -0.3 is 14.2 Å². The average Bonchev–Trinajstić information content (AvgIpc) is 3.22. The van der Waals surface area contributed by atoms with E-state index in [0.717, 1.165) is 89.9 Å². The molecule has 0 radical (unpaired) electrons. The van der Waals surface area contributed by atoms with Gasteiger partial charge in [0.15, 0.2) is 6.10 Å². The van der Waals surface area contributed by atoms with E-state index in [1.54, 1.807) is 0 Å². The lowest BCUT2D eigenvalue weighted by Crippen LogP contribution is -2.30. The molecule has 1 unspecified atom stereocenters. The van der Waals surface area contributed by atoms with Gasteiger partial charge in [-0.3, -0.25) is 14.4 Å². The minimum atomic E-state index is -0.793. The van der Waals surface area contributed by atoms with E-state index < -0.39 is 6.10 Å². The van der Waals surface area contributed by atoms with Gasteiger partial charge in [0.2, 0.25) is 0 Å². The molecule has 0 rings (SSSR count). The van der Waals surface area contributed by atoms with Crippen LogP contribution in [0.3, 0.4) is 0 Å². The molecule has 6 nitrogen and oxygen atoms in total. The van der Waals surface area contributed by atoms with Crippen LogP contribution >= 0.6 is 0 Å². The van der Waals surface area contributed by atoms with Crippen LogP contribution in [0.25, 0.3) is 0 Å². The van der Waals surface area contributed by atoms with E-state index in [9.17, 15) is 14.4 Å². The lowest BCUT2D eigenvalue weighted by Gasteiger charge is -2.18. The van der Waals surface area contributed by atoms with Gasteiger partial charge in [-0.2, -0.15) is 0 Å². The van der Waals surface area contributed by atoms with Gasteiger partial charge in [-0.25, -0.2) is 0 Å². The highest BCUT2D eigenvalue weighted by Gasteiger charge is 2.19. The van der Waals surface area contributed by atoms with Crippen molar-refractivity contribution in [1.82, 2.24) is 0 Å². The molecule has 0 aromatic carbocycles. The third kappa shape index (κ3) is 44.0. The Morgan fingerprint density at radius 3 is 1.09 bits per heavy atom. The molecule has 0 saturated carbocycles. The third-order valence-electron chi connectivity index (χ3n) is 9.96. The summed E-state index contributed by atoms with van der Waals surface area (Å²) in [6, 6.07) is 0. The van der Waals surface area contributed by atoms with E-state index in [4.69, 9.17) is 14.2 Å². The molecule has 1 atom stereocenters. The highest BCUT2D eigenvalue weighted by atomic mass is 16.6. The Morgan fingerprint density at radius 2 is 0.672 bits per heavy atom. The topological polar surface area (TPSA) is 78.9 Å². The van der Waals surface area contributed by atoms with Gasteiger partial charge in [0, 0.05) is 19.3 Å². The zero-order valence-electron chi connectivity index (χ0n) is 37.8. The van der Waals surface area contributed by atoms with E-state index in [1.165, 1.54) is 83.5 Å². The highest BCUT2D eigenvalue weighted by molar-refractivity contribution is 5.71. The zero-order valence-corrected chi connectivity index (χ0v) is 37.8. The number of allylic oxidation sites excluding steroid dienone is 12. The first-order chi connectivity index (χ1) is 28.5. The van der Waals surface area contributed by atoms with Crippen LogP contribution in [0.2, 0.25) is 0 Å². The van der Waals surface area contributed by atoms with Crippen molar-refractivity contribution in [1.29, 1.82) is 0 Å². The van der Waals surface area contributed by atoms with Crippen LogP contribution in [0.5, 0.6) is 0 Å². The molecule has 0 fully saturated rings. The van der Waals surface area contributed by atoms with Crippen LogP contribution in [0, 0.1) is 0 Å². The molecule has 0 bridgehead atoms. The average molecular weight is 809 g/mol. The summed E-state index contributed by atoms with van der Waals surface area (Å²) in [6.07, 6.45) is 57.5. The monoisotopic (exact) mass is 809 g/mol. The van der Waals surface area contributed by atoms with Crippen LogP contribution in [0.15, 0.2) is 72.9 Å². The smallest absolute Gasteiger partial charge is 0.306 e. The summed E-state index contributed by atoms with van der Waals surface area (Å²) in [5.41, 5.74) is 0. The maximum atomic E-state index is 12.7. The molecule has 0 amide bonds.